The van der Waals surface area contributed by atoms with Gasteiger partial charge >= 0.3 is 0 Å². The molecule has 0 aromatic rings. The molecule has 0 aromatic carbocycles. The van der Waals surface area contributed by atoms with Gasteiger partial charge in [-0.05, 0) is 47.8 Å². The predicted octanol–water partition coefficient (Wildman–Crippen LogP) is 0.530. The number of allylic oxidation sites excluding steroid dienone is 2. The Kier molecular flexibility index (Phi) is 3.57. The van der Waals surface area contributed by atoms with Crippen LogP contribution in [0.5, 0.6) is 0 Å². The minimum absolute atomic E-state index is 0.0644. The molecule has 0 saturated carbocycles. The summed E-state index contributed by atoms with van der Waals surface area (Å²) in [6.45, 7) is 0. The third-order valence-corrected chi connectivity index (χ3v) is 3.61. The van der Waals surface area contributed by atoms with Crippen LogP contribution in [0.3, 0.4) is 0 Å². The smallest absolute Gasteiger partial charge is 0.0133 e. The van der Waals surface area contributed by atoms with E-state index in [0.29, 0.717) is 12.8 Å². The second-order valence-electron chi connectivity index (χ2n) is 2.52. The lowest BCUT2D eigenvalue weighted by molar-refractivity contribution is 0.528. The molecule has 0 N–H and O–H groups in total. The summed E-state index contributed by atoms with van der Waals surface area (Å²) in [6, 6.07) is 0. The summed E-state index contributed by atoms with van der Waals surface area (Å²) in [5, 5.41) is 0. The van der Waals surface area contributed by atoms with Gasteiger partial charge in [0, 0.05) is 9.81 Å². The van der Waals surface area contributed by atoms with Crippen molar-refractivity contribution in [3.8, 4) is 0 Å². The van der Waals surface area contributed by atoms with E-state index in [4.69, 9.17) is 0 Å². The van der Waals surface area contributed by atoms with Crippen LogP contribution in [0, 0.1) is 0 Å². The van der Waals surface area contributed by atoms with Crippen molar-refractivity contribution in [2.24, 2.45) is 0 Å². The molecule has 0 saturated heterocycles. The Hall–Kier alpha value is -0.0400. The fourth-order valence-electron chi connectivity index (χ4n) is 1.20. The zero-order valence-electron chi connectivity index (χ0n) is 6.28. The average molecular weight is 208 g/mol. The zero-order chi connectivity index (χ0) is 9.14. The molecule has 4 nitrogen and oxygen atoms in total. The Labute approximate surface area is 75.6 Å². The van der Waals surface area contributed by atoms with E-state index in [0.717, 1.165) is 12.8 Å². The Morgan fingerprint density at radius 2 is 1.25 bits per heavy atom. The largest absolute Gasteiger partial charge is 0.769 e. The lowest BCUT2D eigenvalue weighted by atomic mass is 10.1. The molecule has 0 fully saturated rings. The van der Waals surface area contributed by atoms with Crippen LogP contribution in [-0.4, -0.2) is 17.5 Å². The van der Waals surface area contributed by atoms with Gasteiger partial charge in [0.15, 0.2) is 0 Å². The second-order valence-corrected chi connectivity index (χ2v) is 4.45. The molecular formula is C6H8O4S2-2. The minimum Gasteiger partial charge on any atom is -0.769 e. The van der Waals surface area contributed by atoms with E-state index in [9.17, 15) is 17.5 Å². The second kappa shape index (κ2) is 4.27. The highest BCUT2D eigenvalue weighted by molar-refractivity contribution is 7.87. The fraction of sp³-hybridized carbons (Fsp3) is 0.667. The van der Waals surface area contributed by atoms with E-state index < -0.39 is 22.2 Å². The quantitative estimate of drug-likeness (QED) is 0.620. The number of hydrogen-bond donors (Lipinski definition) is 0. The van der Waals surface area contributed by atoms with Gasteiger partial charge in [0.05, 0.1) is 0 Å². The lowest BCUT2D eigenvalue weighted by Crippen LogP contribution is -2.08. The van der Waals surface area contributed by atoms with Gasteiger partial charge in [-0.25, -0.2) is 0 Å². The molecule has 1 aliphatic rings. The Bertz CT molecular complexity index is 232. The molecule has 0 heterocycles. The van der Waals surface area contributed by atoms with Crippen LogP contribution in [-0.2, 0) is 22.2 Å². The van der Waals surface area contributed by atoms with Crippen LogP contribution >= 0.6 is 0 Å². The monoisotopic (exact) mass is 208 g/mol. The predicted molar refractivity (Wildman–Crippen MR) is 43.3 cm³/mol. The molecule has 0 aromatic heterocycles. The maximum atomic E-state index is 10.5. The zero-order valence-corrected chi connectivity index (χ0v) is 7.91. The highest BCUT2D eigenvalue weighted by atomic mass is 32.2. The summed E-state index contributed by atoms with van der Waals surface area (Å²) in [5.74, 6) is 0. The molecule has 0 amide bonds. The molecular weight excluding hydrogens is 200 g/mol. The Balaban J connectivity index is 2.99. The maximum absolute atomic E-state index is 10.5. The van der Waals surface area contributed by atoms with Crippen molar-refractivity contribution in [3.63, 3.8) is 0 Å². The summed E-state index contributed by atoms with van der Waals surface area (Å²) < 4.78 is 42.2. The topological polar surface area (TPSA) is 80.3 Å². The van der Waals surface area contributed by atoms with Gasteiger partial charge in [0.2, 0.25) is 0 Å². The molecule has 1 aliphatic carbocycles. The van der Waals surface area contributed by atoms with Crippen LogP contribution in [0.1, 0.15) is 25.7 Å². The van der Waals surface area contributed by atoms with Crippen molar-refractivity contribution in [1.82, 2.24) is 0 Å². The summed E-state index contributed by atoms with van der Waals surface area (Å²) >= 11 is -4.73. The molecule has 0 aliphatic heterocycles. The molecule has 6 heteroatoms. The fourth-order valence-corrected chi connectivity index (χ4v) is 2.81. The van der Waals surface area contributed by atoms with Crippen molar-refractivity contribution in [1.29, 1.82) is 0 Å². The van der Waals surface area contributed by atoms with Gasteiger partial charge in [-0.2, -0.15) is 0 Å². The first-order valence-electron chi connectivity index (χ1n) is 3.53. The third-order valence-electron chi connectivity index (χ3n) is 1.77. The first kappa shape index (κ1) is 10.0. The molecule has 12 heavy (non-hydrogen) atoms. The van der Waals surface area contributed by atoms with E-state index in [1.165, 1.54) is 0 Å². The normalized spacial score (nSPS) is 23.8. The molecule has 70 valence electrons. The summed E-state index contributed by atoms with van der Waals surface area (Å²) in [5.41, 5.74) is 0. The van der Waals surface area contributed by atoms with Gasteiger partial charge in [-0.15, -0.1) is 0 Å². The van der Waals surface area contributed by atoms with E-state index in [1.807, 2.05) is 0 Å². The Morgan fingerprint density at radius 3 is 1.50 bits per heavy atom. The van der Waals surface area contributed by atoms with Gasteiger partial charge in [-0.3, -0.25) is 8.42 Å². The first-order valence-corrected chi connectivity index (χ1v) is 5.68. The van der Waals surface area contributed by atoms with Crippen LogP contribution in [0.2, 0.25) is 0 Å². The number of hydrogen-bond acceptors (Lipinski definition) is 4. The van der Waals surface area contributed by atoms with Crippen LogP contribution < -0.4 is 0 Å². The Morgan fingerprint density at radius 1 is 0.917 bits per heavy atom. The standard InChI is InChI=1S/C6H10O4S2/c7-11(8)5-3-1-2-4-6(5)12(9)10/h1-4H2,(H,7,8)(H,9,10)/p-2. The van der Waals surface area contributed by atoms with E-state index in [1.54, 1.807) is 0 Å². The summed E-state index contributed by atoms with van der Waals surface area (Å²) in [7, 11) is 0. The van der Waals surface area contributed by atoms with Crippen LogP contribution in [0.4, 0.5) is 0 Å². The minimum atomic E-state index is -2.37. The molecule has 0 bridgehead atoms. The highest BCUT2D eigenvalue weighted by Gasteiger charge is 2.13. The van der Waals surface area contributed by atoms with Gasteiger partial charge in [0.1, 0.15) is 0 Å². The van der Waals surface area contributed by atoms with E-state index in [-0.39, 0.29) is 9.81 Å². The van der Waals surface area contributed by atoms with Crippen molar-refractivity contribution in [2.75, 3.05) is 0 Å². The van der Waals surface area contributed by atoms with Crippen molar-refractivity contribution in [3.05, 3.63) is 9.81 Å². The average Bonchev–Trinajstić information content (AvgIpc) is 2.04. The van der Waals surface area contributed by atoms with Gasteiger partial charge in [-0.1, -0.05) is 0 Å². The summed E-state index contributed by atoms with van der Waals surface area (Å²) in [4.78, 5) is 0.129. The first-order chi connectivity index (χ1) is 5.63. The highest BCUT2D eigenvalue weighted by Crippen LogP contribution is 2.27. The van der Waals surface area contributed by atoms with Gasteiger partial charge in [0.25, 0.3) is 0 Å². The maximum Gasteiger partial charge on any atom is 0.0133 e. The number of rotatable bonds is 2. The summed E-state index contributed by atoms with van der Waals surface area (Å²) in [6.07, 6.45) is 2.23. The molecule has 2 atom stereocenters. The van der Waals surface area contributed by atoms with Gasteiger partial charge < -0.3 is 9.11 Å². The third kappa shape index (κ3) is 2.22. The van der Waals surface area contributed by atoms with E-state index >= 15 is 0 Å². The molecule has 0 spiro atoms. The SMILES string of the molecule is O=S([O-])C1=C(S(=O)[O-])CCCC1. The lowest BCUT2D eigenvalue weighted by Gasteiger charge is -2.22. The van der Waals surface area contributed by atoms with Crippen LogP contribution in [0.25, 0.3) is 0 Å². The van der Waals surface area contributed by atoms with Crippen molar-refractivity contribution < 1.29 is 17.5 Å². The molecule has 0 radical (unpaired) electrons. The van der Waals surface area contributed by atoms with Crippen molar-refractivity contribution >= 4 is 22.2 Å². The molecule has 1 rings (SSSR count). The van der Waals surface area contributed by atoms with Crippen molar-refractivity contribution in [2.45, 2.75) is 25.7 Å². The molecule has 2 unspecified atom stereocenters. The van der Waals surface area contributed by atoms with E-state index in [2.05, 4.69) is 0 Å². The van der Waals surface area contributed by atoms with Crippen LogP contribution in [0.15, 0.2) is 9.81 Å².